The molecule has 0 radical (unpaired) electrons. The second-order valence-corrected chi connectivity index (χ2v) is 6.85. The molecule has 0 atom stereocenters. The van der Waals surface area contributed by atoms with Gasteiger partial charge in [-0.15, -0.1) is 0 Å². The Morgan fingerprint density at radius 1 is 1.29 bits per heavy atom. The number of amides is 2. The first-order chi connectivity index (χ1) is 14.7. The van der Waals surface area contributed by atoms with Crippen molar-refractivity contribution < 1.29 is 19.0 Å². The number of carbonyl (C=O) groups is 2. The van der Waals surface area contributed by atoms with E-state index in [4.69, 9.17) is 16.1 Å². The molecular formula is C16H18ClN9O5. The van der Waals surface area contributed by atoms with Gasteiger partial charge in [-0.25, -0.2) is 0 Å². The Morgan fingerprint density at radius 3 is 2.68 bits per heavy atom. The molecule has 0 saturated heterocycles. The van der Waals surface area contributed by atoms with E-state index < -0.39 is 16.7 Å². The highest BCUT2D eigenvalue weighted by Crippen LogP contribution is 2.21. The highest BCUT2D eigenvalue weighted by molar-refractivity contribution is 6.30. The lowest BCUT2D eigenvalue weighted by Crippen LogP contribution is -2.36. The third-order valence-electron chi connectivity index (χ3n) is 4.12. The van der Waals surface area contributed by atoms with Crippen LogP contribution in [0.4, 0.5) is 5.69 Å². The molecule has 15 heteroatoms. The summed E-state index contributed by atoms with van der Waals surface area (Å²) in [6.07, 6.45) is 3.03. The standard InChI is InChI=1S/C16H18ClN9O5/c1-9-14(26(29)30)10(2)25(22-9)8-13(27)18-3-4-19-15(28)16-21-12(23-31-16)7-24-6-11(17)5-20-24/h5-6H,3-4,7-8H2,1-2H3,(H,18,27)(H,19,28). The summed E-state index contributed by atoms with van der Waals surface area (Å²) in [5.41, 5.74) is 0.405. The first-order valence-corrected chi connectivity index (χ1v) is 9.36. The normalized spacial score (nSPS) is 10.8. The van der Waals surface area contributed by atoms with Crippen molar-refractivity contribution in [3.05, 3.63) is 50.6 Å². The smallest absolute Gasteiger partial charge is 0.316 e. The third-order valence-corrected chi connectivity index (χ3v) is 4.31. The van der Waals surface area contributed by atoms with E-state index in [2.05, 4.69) is 31.0 Å². The van der Waals surface area contributed by atoms with E-state index in [1.165, 1.54) is 29.4 Å². The zero-order chi connectivity index (χ0) is 22.5. The topological polar surface area (TPSA) is 176 Å². The van der Waals surface area contributed by atoms with Gasteiger partial charge in [0.2, 0.25) is 5.91 Å². The minimum atomic E-state index is -0.597. The van der Waals surface area contributed by atoms with E-state index in [9.17, 15) is 19.7 Å². The van der Waals surface area contributed by atoms with Crippen molar-refractivity contribution in [1.29, 1.82) is 0 Å². The number of aryl methyl sites for hydroxylation is 1. The van der Waals surface area contributed by atoms with E-state index in [0.29, 0.717) is 5.02 Å². The van der Waals surface area contributed by atoms with Crippen LogP contribution in [0, 0.1) is 24.0 Å². The first kappa shape index (κ1) is 21.9. The number of carbonyl (C=O) groups excluding carboxylic acids is 2. The van der Waals surface area contributed by atoms with E-state index >= 15 is 0 Å². The Hall–Kier alpha value is -3.81. The number of aromatic nitrogens is 6. The molecular weight excluding hydrogens is 434 g/mol. The van der Waals surface area contributed by atoms with Crippen molar-refractivity contribution in [1.82, 2.24) is 40.3 Å². The highest BCUT2D eigenvalue weighted by Gasteiger charge is 2.22. The number of nitrogens with one attached hydrogen (secondary N) is 2. The van der Waals surface area contributed by atoms with Gasteiger partial charge in [0, 0.05) is 19.3 Å². The van der Waals surface area contributed by atoms with Crippen molar-refractivity contribution >= 4 is 29.1 Å². The molecule has 3 aromatic rings. The lowest BCUT2D eigenvalue weighted by molar-refractivity contribution is -0.386. The van der Waals surface area contributed by atoms with Crippen LogP contribution in [0.1, 0.15) is 27.9 Å². The Bertz CT molecular complexity index is 1120. The van der Waals surface area contributed by atoms with Crippen LogP contribution in [0.2, 0.25) is 5.02 Å². The summed E-state index contributed by atoms with van der Waals surface area (Å²) in [7, 11) is 0. The van der Waals surface area contributed by atoms with Gasteiger partial charge in [0.15, 0.2) is 5.82 Å². The van der Waals surface area contributed by atoms with E-state index in [-0.39, 0.29) is 55.0 Å². The van der Waals surface area contributed by atoms with Crippen LogP contribution >= 0.6 is 11.6 Å². The van der Waals surface area contributed by atoms with Crippen LogP contribution in [-0.2, 0) is 17.9 Å². The van der Waals surface area contributed by atoms with Crippen LogP contribution in [-0.4, -0.2) is 59.5 Å². The zero-order valence-corrected chi connectivity index (χ0v) is 17.3. The van der Waals surface area contributed by atoms with Gasteiger partial charge in [-0.1, -0.05) is 16.8 Å². The van der Waals surface area contributed by atoms with Crippen molar-refractivity contribution in [2.75, 3.05) is 13.1 Å². The molecule has 0 aliphatic heterocycles. The summed E-state index contributed by atoms with van der Waals surface area (Å²) >= 11 is 5.78. The minimum absolute atomic E-state index is 0.105. The Balaban J connectivity index is 1.42. The summed E-state index contributed by atoms with van der Waals surface area (Å²) in [6.45, 7) is 3.25. The summed E-state index contributed by atoms with van der Waals surface area (Å²) in [6, 6.07) is 0. The van der Waals surface area contributed by atoms with Gasteiger partial charge in [-0.05, 0) is 13.8 Å². The molecule has 14 nitrogen and oxygen atoms in total. The lowest BCUT2D eigenvalue weighted by atomic mass is 10.3. The molecule has 3 heterocycles. The maximum absolute atomic E-state index is 12.1. The number of nitro groups is 1. The Labute approximate surface area is 179 Å². The Kier molecular flexibility index (Phi) is 6.59. The third kappa shape index (κ3) is 5.42. The lowest BCUT2D eigenvalue weighted by Gasteiger charge is -2.06. The number of hydrogen-bond acceptors (Lipinski definition) is 9. The molecule has 0 unspecified atom stereocenters. The molecule has 0 spiro atoms. The van der Waals surface area contributed by atoms with Crippen LogP contribution in [0.15, 0.2) is 16.9 Å². The van der Waals surface area contributed by atoms with E-state index in [1.807, 2.05) is 0 Å². The molecule has 3 rings (SSSR count). The SMILES string of the molecule is Cc1nn(CC(=O)NCCNC(=O)c2nc(Cn3cc(Cl)cn3)no2)c(C)c1[N+](=O)[O-]. The van der Waals surface area contributed by atoms with Crippen LogP contribution in [0.5, 0.6) is 0 Å². The molecule has 0 aromatic carbocycles. The number of hydrogen-bond donors (Lipinski definition) is 2. The maximum Gasteiger partial charge on any atom is 0.316 e. The van der Waals surface area contributed by atoms with E-state index in [0.717, 1.165) is 0 Å². The van der Waals surface area contributed by atoms with Gasteiger partial charge in [-0.3, -0.25) is 29.1 Å². The first-order valence-electron chi connectivity index (χ1n) is 8.98. The Morgan fingerprint density at radius 2 is 2.03 bits per heavy atom. The molecule has 31 heavy (non-hydrogen) atoms. The minimum Gasteiger partial charge on any atom is -0.353 e. The van der Waals surface area contributed by atoms with Gasteiger partial charge in [0.25, 0.3) is 0 Å². The van der Waals surface area contributed by atoms with Gasteiger partial charge in [0.1, 0.15) is 24.5 Å². The molecule has 2 N–H and O–H groups in total. The van der Waals surface area contributed by atoms with E-state index in [1.54, 1.807) is 6.20 Å². The van der Waals surface area contributed by atoms with Crippen molar-refractivity contribution in [3.63, 3.8) is 0 Å². The summed E-state index contributed by atoms with van der Waals surface area (Å²) in [4.78, 5) is 38.5. The van der Waals surface area contributed by atoms with Crippen molar-refractivity contribution in [3.8, 4) is 0 Å². The summed E-state index contributed by atoms with van der Waals surface area (Å²) < 4.78 is 7.65. The van der Waals surface area contributed by atoms with Crippen LogP contribution < -0.4 is 10.6 Å². The highest BCUT2D eigenvalue weighted by atomic mass is 35.5. The second kappa shape index (κ2) is 9.34. The fourth-order valence-corrected chi connectivity index (χ4v) is 2.89. The van der Waals surface area contributed by atoms with Gasteiger partial charge in [0.05, 0.1) is 16.1 Å². The predicted octanol–water partition coefficient (Wildman–Crippen LogP) is 0.236. The average molecular weight is 452 g/mol. The predicted molar refractivity (Wildman–Crippen MR) is 104 cm³/mol. The van der Waals surface area contributed by atoms with Gasteiger partial charge < -0.3 is 15.2 Å². The average Bonchev–Trinajstić information content (AvgIpc) is 3.39. The summed E-state index contributed by atoms with van der Waals surface area (Å²) in [5.74, 6) is -0.986. The monoisotopic (exact) mass is 451 g/mol. The number of rotatable bonds is 9. The molecule has 0 aliphatic rings. The van der Waals surface area contributed by atoms with Crippen LogP contribution in [0.3, 0.4) is 0 Å². The van der Waals surface area contributed by atoms with Crippen molar-refractivity contribution in [2.24, 2.45) is 0 Å². The van der Waals surface area contributed by atoms with Gasteiger partial charge >= 0.3 is 17.5 Å². The molecule has 0 bridgehead atoms. The largest absolute Gasteiger partial charge is 0.353 e. The summed E-state index contributed by atoms with van der Waals surface area (Å²) in [5, 5.41) is 28.3. The maximum atomic E-state index is 12.1. The quantitative estimate of drug-likeness (QED) is 0.262. The zero-order valence-electron chi connectivity index (χ0n) is 16.5. The number of nitrogens with zero attached hydrogens (tertiary/aromatic N) is 7. The molecule has 164 valence electrons. The van der Waals surface area contributed by atoms with Crippen LogP contribution in [0.25, 0.3) is 0 Å². The fourth-order valence-electron chi connectivity index (χ4n) is 2.73. The van der Waals surface area contributed by atoms with Gasteiger partial charge in [-0.2, -0.15) is 15.2 Å². The molecule has 0 fully saturated rings. The molecule has 2 amide bonds. The molecule has 0 saturated carbocycles. The fraction of sp³-hybridized carbons (Fsp3) is 0.375. The molecule has 0 aliphatic carbocycles. The van der Waals surface area contributed by atoms with Crippen molar-refractivity contribution in [2.45, 2.75) is 26.9 Å². The molecule has 3 aromatic heterocycles. The second-order valence-electron chi connectivity index (χ2n) is 6.41. The number of halogens is 1.